The zero-order valence-corrected chi connectivity index (χ0v) is 18.8. The van der Waals surface area contributed by atoms with Gasteiger partial charge in [0.2, 0.25) is 5.95 Å². The number of nitrogens with zero attached hydrogens (tertiary/aromatic N) is 6. The lowest BCUT2D eigenvalue weighted by Crippen LogP contribution is -2.12. The monoisotopic (exact) mass is 453 g/mol. The number of carbonyl (C=O) groups is 1. The maximum Gasteiger partial charge on any atom is 0.335 e. The van der Waals surface area contributed by atoms with Gasteiger partial charge in [0.1, 0.15) is 0 Å². The summed E-state index contributed by atoms with van der Waals surface area (Å²) in [6.45, 7) is 4.64. The maximum atomic E-state index is 11.5. The van der Waals surface area contributed by atoms with Crippen molar-refractivity contribution in [2.24, 2.45) is 0 Å². The summed E-state index contributed by atoms with van der Waals surface area (Å²) < 4.78 is 3.51. The molecule has 0 aliphatic heterocycles. The van der Waals surface area contributed by atoms with Crippen molar-refractivity contribution in [3.63, 3.8) is 0 Å². The summed E-state index contributed by atoms with van der Waals surface area (Å²) in [4.78, 5) is 20.9. The standard InChI is InChI=1S/C25H23N7O2/c1-16(2)20-15-28-32-23(20)29-22(17-8-5-9-18(13-17)24(33)34)30-25(32)26-14-19-7-3-4-10-21(19)31-12-6-11-27-31/h3-13,15-16H,14H2,1-2H3,(H,33,34)(H,26,29,30). The maximum absolute atomic E-state index is 11.5. The third-order valence-electron chi connectivity index (χ3n) is 5.56. The summed E-state index contributed by atoms with van der Waals surface area (Å²) in [5.74, 6) is 0.159. The van der Waals surface area contributed by atoms with Gasteiger partial charge in [-0.25, -0.2) is 14.5 Å². The van der Waals surface area contributed by atoms with Crippen LogP contribution in [-0.2, 0) is 6.54 Å². The lowest BCUT2D eigenvalue weighted by molar-refractivity contribution is 0.0697. The van der Waals surface area contributed by atoms with E-state index in [0.717, 1.165) is 16.8 Å². The fraction of sp³-hybridized carbons (Fsp3) is 0.160. The molecule has 0 saturated heterocycles. The molecule has 0 bridgehead atoms. The van der Waals surface area contributed by atoms with E-state index in [2.05, 4.69) is 29.4 Å². The van der Waals surface area contributed by atoms with Crippen LogP contribution in [0.3, 0.4) is 0 Å². The highest BCUT2D eigenvalue weighted by atomic mass is 16.4. The van der Waals surface area contributed by atoms with Crippen LogP contribution in [0.25, 0.3) is 22.7 Å². The van der Waals surface area contributed by atoms with E-state index in [1.165, 1.54) is 0 Å². The van der Waals surface area contributed by atoms with Gasteiger partial charge in [0.05, 0.1) is 17.4 Å². The Labute approximate surface area is 195 Å². The van der Waals surface area contributed by atoms with Crippen molar-refractivity contribution in [2.45, 2.75) is 26.3 Å². The van der Waals surface area contributed by atoms with Crippen molar-refractivity contribution < 1.29 is 9.90 Å². The first kappa shape index (κ1) is 21.3. The Morgan fingerprint density at radius 3 is 2.68 bits per heavy atom. The number of aromatic nitrogens is 6. The second-order valence-electron chi connectivity index (χ2n) is 8.18. The highest BCUT2D eigenvalue weighted by molar-refractivity contribution is 5.89. The third-order valence-corrected chi connectivity index (χ3v) is 5.56. The van der Waals surface area contributed by atoms with Crippen molar-refractivity contribution in [3.8, 4) is 17.1 Å². The largest absolute Gasteiger partial charge is 0.478 e. The Morgan fingerprint density at radius 1 is 1.06 bits per heavy atom. The van der Waals surface area contributed by atoms with E-state index in [1.54, 1.807) is 41.2 Å². The van der Waals surface area contributed by atoms with Crippen LogP contribution in [0.1, 0.15) is 41.3 Å². The molecule has 2 N–H and O–H groups in total. The number of benzene rings is 2. The molecule has 0 amide bonds. The van der Waals surface area contributed by atoms with Crippen LogP contribution >= 0.6 is 0 Å². The summed E-state index contributed by atoms with van der Waals surface area (Å²) in [5, 5.41) is 21.7. The van der Waals surface area contributed by atoms with Crippen LogP contribution in [0.2, 0.25) is 0 Å². The fourth-order valence-electron chi connectivity index (χ4n) is 3.81. The minimum Gasteiger partial charge on any atom is -0.478 e. The van der Waals surface area contributed by atoms with Gasteiger partial charge in [-0.15, -0.1) is 0 Å². The molecule has 5 rings (SSSR count). The molecule has 0 atom stereocenters. The smallest absolute Gasteiger partial charge is 0.335 e. The van der Waals surface area contributed by atoms with Crippen molar-refractivity contribution in [1.29, 1.82) is 0 Å². The Balaban J connectivity index is 1.58. The van der Waals surface area contributed by atoms with Gasteiger partial charge in [-0.05, 0) is 35.7 Å². The second-order valence-corrected chi connectivity index (χ2v) is 8.18. The first-order valence-corrected chi connectivity index (χ1v) is 10.9. The minimum atomic E-state index is -0.997. The number of anilines is 1. The third kappa shape index (κ3) is 3.99. The number of carboxylic acid groups (broad SMARTS) is 1. The molecular formula is C25H23N7O2. The van der Waals surface area contributed by atoms with E-state index >= 15 is 0 Å². The fourth-order valence-corrected chi connectivity index (χ4v) is 3.81. The van der Waals surface area contributed by atoms with Crippen LogP contribution in [0.5, 0.6) is 0 Å². The van der Waals surface area contributed by atoms with Crippen LogP contribution in [0.4, 0.5) is 5.95 Å². The van der Waals surface area contributed by atoms with E-state index in [-0.39, 0.29) is 11.5 Å². The predicted molar refractivity (Wildman–Crippen MR) is 128 cm³/mol. The van der Waals surface area contributed by atoms with Gasteiger partial charge in [0.15, 0.2) is 11.5 Å². The second kappa shape index (κ2) is 8.78. The van der Waals surface area contributed by atoms with Crippen molar-refractivity contribution >= 4 is 17.6 Å². The normalized spacial score (nSPS) is 11.3. The van der Waals surface area contributed by atoms with E-state index < -0.39 is 5.97 Å². The van der Waals surface area contributed by atoms with Crippen molar-refractivity contribution in [2.75, 3.05) is 5.32 Å². The Hall–Kier alpha value is -4.53. The zero-order valence-electron chi connectivity index (χ0n) is 18.8. The van der Waals surface area contributed by atoms with Crippen LogP contribution in [0, 0.1) is 0 Å². The predicted octanol–water partition coefficient (Wildman–Crippen LogP) is 4.41. The number of carboxylic acids is 1. The number of para-hydroxylation sites is 1. The van der Waals surface area contributed by atoms with Crippen molar-refractivity contribution in [1.82, 2.24) is 29.4 Å². The number of hydrogen-bond donors (Lipinski definition) is 2. The average molecular weight is 454 g/mol. The number of hydrogen-bond acceptors (Lipinski definition) is 6. The average Bonchev–Trinajstić information content (AvgIpc) is 3.53. The van der Waals surface area contributed by atoms with Crippen LogP contribution in [0.15, 0.2) is 73.2 Å². The molecule has 5 aromatic rings. The van der Waals surface area contributed by atoms with Gasteiger partial charge in [-0.2, -0.15) is 19.7 Å². The van der Waals surface area contributed by atoms with Crippen LogP contribution < -0.4 is 5.32 Å². The zero-order chi connectivity index (χ0) is 23.7. The number of aromatic carboxylic acids is 1. The molecule has 0 spiro atoms. The lowest BCUT2D eigenvalue weighted by atomic mass is 10.1. The highest BCUT2D eigenvalue weighted by Crippen LogP contribution is 2.25. The van der Waals surface area contributed by atoms with Gasteiger partial charge < -0.3 is 10.4 Å². The molecule has 2 aromatic carbocycles. The van der Waals surface area contributed by atoms with Gasteiger partial charge in [0.25, 0.3) is 0 Å². The summed E-state index contributed by atoms with van der Waals surface area (Å²) in [7, 11) is 0. The molecule has 0 unspecified atom stereocenters. The molecule has 3 aromatic heterocycles. The van der Waals surface area contributed by atoms with Gasteiger partial charge in [0, 0.05) is 30.1 Å². The van der Waals surface area contributed by atoms with Crippen molar-refractivity contribution in [3.05, 3.63) is 89.9 Å². The molecule has 9 nitrogen and oxygen atoms in total. The number of rotatable bonds is 7. The van der Waals surface area contributed by atoms with E-state index in [0.29, 0.717) is 29.5 Å². The Bertz CT molecular complexity index is 1470. The van der Waals surface area contributed by atoms with Crippen LogP contribution in [-0.4, -0.2) is 40.4 Å². The Kier molecular flexibility index (Phi) is 5.51. The molecule has 170 valence electrons. The molecule has 0 aliphatic rings. The summed E-state index contributed by atoms with van der Waals surface area (Å²) >= 11 is 0. The van der Waals surface area contributed by atoms with E-state index in [4.69, 9.17) is 9.97 Å². The molecule has 3 heterocycles. The molecule has 9 heteroatoms. The van der Waals surface area contributed by atoms with E-state index in [9.17, 15) is 9.90 Å². The summed E-state index contributed by atoms with van der Waals surface area (Å²) in [6, 6.07) is 16.5. The topological polar surface area (TPSA) is 110 Å². The molecule has 0 saturated carbocycles. The summed E-state index contributed by atoms with van der Waals surface area (Å²) in [6.07, 6.45) is 5.44. The van der Waals surface area contributed by atoms with E-state index in [1.807, 2.05) is 41.2 Å². The highest BCUT2D eigenvalue weighted by Gasteiger charge is 2.17. The lowest BCUT2D eigenvalue weighted by Gasteiger charge is -2.13. The first-order valence-electron chi connectivity index (χ1n) is 10.9. The molecular weight excluding hydrogens is 430 g/mol. The first-order chi connectivity index (χ1) is 16.5. The quantitative estimate of drug-likeness (QED) is 0.375. The summed E-state index contributed by atoms with van der Waals surface area (Å²) in [5.41, 5.74) is 4.47. The molecule has 34 heavy (non-hydrogen) atoms. The minimum absolute atomic E-state index is 0.182. The van der Waals surface area contributed by atoms with Gasteiger partial charge in [-0.1, -0.05) is 44.2 Å². The van der Waals surface area contributed by atoms with Gasteiger partial charge >= 0.3 is 5.97 Å². The molecule has 0 aliphatic carbocycles. The molecule has 0 radical (unpaired) electrons. The number of fused-ring (bicyclic) bond motifs is 1. The number of nitrogens with one attached hydrogen (secondary N) is 1. The SMILES string of the molecule is CC(C)c1cnn2c(NCc3ccccc3-n3cccn3)nc(-c3cccc(C(=O)O)c3)nc12. The Morgan fingerprint density at radius 2 is 1.91 bits per heavy atom. The van der Waals surface area contributed by atoms with Gasteiger partial charge in [-0.3, -0.25) is 0 Å². The molecule has 0 fully saturated rings.